The number of carbonyl (C=O) groups excluding carboxylic acids is 1. The van der Waals surface area contributed by atoms with E-state index in [2.05, 4.69) is 15.2 Å². The zero-order valence-corrected chi connectivity index (χ0v) is 13.0. The third-order valence-corrected chi connectivity index (χ3v) is 3.67. The average Bonchev–Trinajstić information content (AvgIpc) is 2.63. The van der Waals surface area contributed by atoms with Gasteiger partial charge in [0.25, 0.3) is 5.91 Å². The Hall–Kier alpha value is -2.60. The number of pyridine rings is 1. The van der Waals surface area contributed by atoms with Gasteiger partial charge in [-0.25, -0.2) is 4.98 Å². The number of ether oxygens (including phenoxy) is 2. The monoisotopic (exact) mass is 313 g/mol. The highest BCUT2D eigenvalue weighted by Gasteiger charge is 2.16. The molecule has 23 heavy (non-hydrogen) atoms. The number of aromatic nitrogens is 1. The van der Waals surface area contributed by atoms with Crippen LogP contribution in [0.1, 0.15) is 10.5 Å². The molecular formula is C17H19N3O3. The molecule has 6 nitrogen and oxygen atoms in total. The summed E-state index contributed by atoms with van der Waals surface area (Å²) >= 11 is 0. The Bertz CT molecular complexity index is 684. The van der Waals surface area contributed by atoms with Crippen LogP contribution in [0.15, 0.2) is 42.5 Å². The highest BCUT2D eigenvalue weighted by molar-refractivity contribution is 6.04. The minimum Gasteiger partial charge on any atom is -0.481 e. The summed E-state index contributed by atoms with van der Waals surface area (Å²) in [6.45, 7) is 3.01. The summed E-state index contributed by atoms with van der Waals surface area (Å²) in [5.41, 5.74) is 2.08. The van der Waals surface area contributed by atoms with E-state index in [1.165, 1.54) is 7.11 Å². The first-order chi connectivity index (χ1) is 11.3. The van der Waals surface area contributed by atoms with Crippen LogP contribution >= 0.6 is 0 Å². The molecule has 1 N–H and O–H groups in total. The van der Waals surface area contributed by atoms with Crippen LogP contribution in [0.4, 0.5) is 11.4 Å². The first-order valence-electron chi connectivity index (χ1n) is 7.52. The number of morpholine rings is 1. The highest BCUT2D eigenvalue weighted by Crippen LogP contribution is 2.26. The van der Waals surface area contributed by atoms with Crippen LogP contribution in [-0.4, -0.2) is 44.3 Å². The maximum atomic E-state index is 12.4. The predicted octanol–water partition coefficient (Wildman–Crippen LogP) is 2.18. The molecule has 0 spiro atoms. The van der Waals surface area contributed by atoms with Gasteiger partial charge >= 0.3 is 0 Å². The maximum absolute atomic E-state index is 12.4. The van der Waals surface area contributed by atoms with Gasteiger partial charge in [0.2, 0.25) is 5.88 Å². The van der Waals surface area contributed by atoms with Crippen LogP contribution in [0, 0.1) is 0 Å². The van der Waals surface area contributed by atoms with Crippen molar-refractivity contribution in [3.63, 3.8) is 0 Å². The second kappa shape index (κ2) is 7.11. The highest BCUT2D eigenvalue weighted by atomic mass is 16.5. The van der Waals surface area contributed by atoms with Gasteiger partial charge in [0, 0.05) is 19.2 Å². The fourth-order valence-corrected chi connectivity index (χ4v) is 2.50. The van der Waals surface area contributed by atoms with E-state index in [1.807, 2.05) is 24.3 Å². The lowest BCUT2D eigenvalue weighted by Crippen LogP contribution is -2.36. The zero-order valence-electron chi connectivity index (χ0n) is 13.0. The number of para-hydroxylation sites is 2. The van der Waals surface area contributed by atoms with E-state index >= 15 is 0 Å². The number of rotatable bonds is 4. The molecule has 1 aliphatic rings. The summed E-state index contributed by atoms with van der Waals surface area (Å²) in [6, 6.07) is 12.9. The zero-order chi connectivity index (χ0) is 16.1. The summed E-state index contributed by atoms with van der Waals surface area (Å²) in [5.74, 6) is 0.156. The molecule has 1 amide bonds. The molecule has 3 rings (SSSR count). The van der Waals surface area contributed by atoms with Crippen molar-refractivity contribution < 1.29 is 14.3 Å². The largest absolute Gasteiger partial charge is 0.481 e. The van der Waals surface area contributed by atoms with Crippen LogP contribution in [-0.2, 0) is 4.74 Å². The van der Waals surface area contributed by atoms with Crippen molar-refractivity contribution in [1.82, 2.24) is 4.98 Å². The van der Waals surface area contributed by atoms with Gasteiger partial charge in [0.15, 0.2) is 0 Å². The second-order valence-corrected chi connectivity index (χ2v) is 5.14. The lowest BCUT2D eigenvalue weighted by Gasteiger charge is -2.30. The molecule has 0 radical (unpaired) electrons. The molecule has 1 aromatic heterocycles. The molecule has 1 fully saturated rings. The predicted molar refractivity (Wildman–Crippen MR) is 88.2 cm³/mol. The summed E-state index contributed by atoms with van der Waals surface area (Å²) < 4.78 is 10.4. The second-order valence-electron chi connectivity index (χ2n) is 5.14. The van der Waals surface area contributed by atoms with E-state index in [0.717, 1.165) is 24.5 Å². The van der Waals surface area contributed by atoms with E-state index in [1.54, 1.807) is 18.2 Å². The van der Waals surface area contributed by atoms with Gasteiger partial charge in [-0.2, -0.15) is 0 Å². The smallest absolute Gasteiger partial charge is 0.274 e. The van der Waals surface area contributed by atoms with Crippen molar-refractivity contribution in [3.8, 4) is 5.88 Å². The molecule has 2 aromatic rings. The van der Waals surface area contributed by atoms with Gasteiger partial charge in [-0.15, -0.1) is 0 Å². The third-order valence-electron chi connectivity index (χ3n) is 3.67. The van der Waals surface area contributed by atoms with E-state index in [0.29, 0.717) is 24.8 Å². The molecule has 6 heteroatoms. The van der Waals surface area contributed by atoms with Crippen molar-refractivity contribution in [2.45, 2.75) is 0 Å². The number of nitrogens with one attached hydrogen (secondary N) is 1. The minimum atomic E-state index is -0.260. The molecule has 2 heterocycles. The SMILES string of the molecule is COc1cccc(C(=O)Nc2ccccc2N2CCOCC2)n1. The lowest BCUT2D eigenvalue weighted by atomic mass is 10.2. The Morgan fingerprint density at radius 1 is 1.17 bits per heavy atom. The van der Waals surface area contributed by atoms with E-state index in [9.17, 15) is 4.79 Å². The van der Waals surface area contributed by atoms with Gasteiger partial charge in [-0.1, -0.05) is 18.2 Å². The molecule has 0 aliphatic carbocycles. The van der Waals surface area contributed by atoms with Crippen LogP contribution < -0.4 is 15.0 Å². The summed E-state index contributed by atoms with van der Waals surface area (Å²) in [7, 11) is 1.53. The molecule has 1 saturated heterocycles. The Balaban J connectivity index is 1.80. The molecule has 1 aromatic carbocycles. The number of hydrogen-bond acceptors (Lipinski definition) is 5. The molecule has 1 aliphatic heterocycles. The fraction of sp³-hybridized carbons (Fsp3) is 0.294. The first-order valence-corrected chi connectivity index (χ1v) is 7.52. The number of hydrogen-bond donors (Lipinski definition) is 1. The van der Waals surface area contributed by atoms with Gasteiger partial charge in [-0.05, 0) is 18.2 Å². The number of anilines is 2. The number of amides is 1. The van der Waals surface area contributed by atoms with Crippen molar-refractivity contribution in [2.24, 2.45) is 0 Å². The molecule has 0 atom stereocenters. The minimum absolute atomic E-state index is 0.260. The summed E-state index contributed by atoms with van der Waals surface area (Å²) in [6.07, 6.45) is 0. The quantitative estimate of drug-likeness (QED) is 0.937. The molecule has 120 valence electrons. The van der Waals surface area contributed by atoms with Gasteiger partial charge in [0.05, 0.1) is 31.7 Å². The molecule has 0 bridgehead atoms. The topological polar surface area (TPSA) is 63.7 Å². The number of nitrogens with zero attached hydrogens (tertiary/aromatic N) is 2. The van der Waals surface area contributed by atoms with Gasteiger partial charge < -0.3 is 19.7 Å². The van der Waals surface area contributed by atoms with E-state index in [-0.39, 0.29) is 5.91 Å². The van der Waals surface area contributed by atoms with Gasteiger partial charge in [-0.3, -0.25) is 4.79 Å². The number of carbonyl (C=O) groups is 1. The Morgan fingerprint density at radius 3 is 2.74 bits per heavy atom. The number of benzene rings is 1. The Morgan fingerprint density at radius 2 is 1.96 bits per heavy atom. The van der Waals surface area contributed by atoms with Crippen molar-refractivity contribution >= 4 is 17.3 Å². The van der Waals surface area contributed by atoms with Crippen molar-refractivity contribution in [2.75, 3.05) is 43.6 Å². The van der Waals surface area contributed by atoms with Crippen LogP contribution in [0.5, 0.6) is 5.88 Å². The normalized spacial score (nSPS) is 14.4. The van der Waals surface area contributed by atoms with Crippen molar-refractivity contribution in [3.05, 3.63) is 48.2 Å². The van der Waals surface area contributed by atoms with Crippen LogP contribution in [0.25, 0.3) is 0 Å². The molecule has 0 unspecified atom stereocenters. The standard InChI is InChI=1S/C17H19N3O3/c1-22-16-8-4-6-14(18-16)17(21)19-13-5-2-3-7-15(13)20-9-11-23-12-10-20/h2-8H,9-12H2,1H3,(H,19,21). The third kappa shape index (κ3) is 3.60. The Labute approximate surface area is 135 Å². The average molecular weight is 313 g/mol. The van der Waals surface area contributed by atoms with Crippen LogP contribution in [0.2, 0.25) is 0 Å². The maximum Gasteiger partial charge on any atom is 0.274 e. The number of methoxy groups -OCH3 is 1. The molecule has 0 saturated carbocycles. The first kappa shape index (κ1) is 15.3. The molecular weight excluding hydrogens is 294 g/mol. The summed E-state index contributed by atoms with van der Waals surface area (Å²) in [4.78, 5) is 18.8. The van der Waals surface area contributed by atoms with E-state index in [4.69, 9.17) is 9.47 Å². The van der Waals surface area contributed by atoms with Gasteiger partial charge in [0.1, 0.15) is 5.69 Å². The van der Waals surface area contributed by atoms with Crippen LogP contribution in [0.3, 0.4) is 0 Å². The Kier molecular flexibility index (Phi) is 4.73. The lowest BCUT2D eigenvalue weighted by molar-refractivity contribution is 0.102. The van der Waals surface area contributed by atoms with Crippen molar-refractivity contribution in [1.29, 1.82) is 0 Å². The fourth-order valence-electron chi connectivity index (χ4n) is 2.50. The van der Waals surface area contributed by atoms with E-state index < -0.39 is 0 Å². The summed E-state index contributed by atoms with van der Waals surface area (Å²) in [5, 5.41) is 2.94.